The maximum absolute atomic E-state index is 13.1. The molecule has 1 atom stereocenters. The number of nitrogens with two attached hydrogens (primary N) is 1. The summed E-state index contributed by atoms with van der Waals surface area (Å²) in [5.74, 6) is -4.08. The predicted molar refractivity (Wildman–Crippen MR) is 94.0 cm³/mol. The van der Waals surface area contributed by atoms with E-state index >= 15 is 0 Å². The molecule has 1 fully saturated rings. The summed E-state index contributed by atoms with van der Waals surface area (Å²) < 4.78 is 26.2. The van der Waals surface area contributed by atoms with Crippen molar-refractivity contribution in [1.29, 1.82) is 0 Å². The van der Waals surface area contributed by atoms with Crippen molar-refractivity contribution in [3.8, 4) is 0 Å². The van der Waals surface area contributed by atoms with Crippen molar-refractivity contribution in [2.45, 2.75) is 18.8 Å². The van der Waals surface area contributed by atoms with Crippen molar-refractivity contribution < 1.29 is 18.4 Å². The van der Waals surface area contributed by atoms with E-state index in [1.807, 2.05) is 6.07 Å². The molecule has 0 radical (unpaired) electrons. The Bertz CT molecular complexity index is 575. The van der Waals surface area contributed by atoms with E-state index in [2.05, 4.69) is 10.6 Å². The van der Waals surface area contributed by atoms with Crippen LogP contribution in [-0.4, -0.2) is 48.9 Å². The minimum absolute atomic E-state index is 0. The van der Waals surface area contributed by atoms with Crippen LogP contribution in [0.3, 0.4) is 0 Å². The van der Waals surface area contributed by atoms with Gasteiger partial charge in [0, 0.05) is 18.8 Å². The standard InChI is InChI=1S/C16H22F2N4O2.ClH/c17-16(18,10-19)11-20-14(23)12-5-4-8-22(9-12)15(24)21-13-6-2-1-3-7-13;/h1-3,6-7,12H,4-5,8-11,19H2,(H,20,23)(H,21,24);1H. The third-order valence-electron chi connectivity index (χ3n) is 3.92. The summed E-state index contributed by atoms with van der Waals surface area (Å²) in [5.41, 5.74) is 5.61. The Morgan fingerprint density at radius 3 is 2.60 bits per heavy atom. The predicted octanol–water partition coefficient (Wildman–Crippen LogP) is 2.06. The molecule has 0 aliphatic carbocycles. The van der Waals surface area contributed by atoms with Crippen LogP contribution < -0.4 is 16.4 Å². The van der Waals surface area contributed by atoms with E-state index in [-0.39, 0.29) is 25.0 Å². The van der Waals surface area contributed by atoms with E-state index in [0.29, 0.717) is 25.1 Å². The van der Waals surface area contributed by atoms with Crippen LogP contribution in [0.15, 0.2) is 30.3 Å². The van der Waals surface area contributed by atoms with Crippen LogP contribution in [0.1, 0.15) is 12.8 Å². The highest BCUT2D eigenvalue weighted by molar-refractivity contribution is 5.90. The number of amides is 3. The van der Waals surface area contributed by atoms with Crippen LogP contribution in [-0.2, 0) is 4.79 Å². The Hall–Kier alpha value is -1.93. The minimum atomic E-state index is -3.12. The molecular weight excluding hydrogens is 354 g/mol. The number of hydrogen-bond acceptors (Lipinski definition) is 3. The Morgan fingerprint density at radius 2 is 1.96 bits per heavy atom. The molecule has 1 heterocycles. The fourth-order valence-electron chi connectivity index (χ4n) is 2.53. The van der Waals surface area contributed by atoms with E-state index in [9.17, 15) is 18.4 Å². The lowest BCUT2D eigenvalue weighted by molar-refractivity contribution is -0.128. The van der Waals surface area contributed by atoms with Gasteiger partial charge in [0.05, 0.1) is 19.0 Å². The van der Waals surface area contributed by atoms with Crippen LogP contribution in [0.2, 0.25) is 0 Å². The number of carbonyl (C=O) groups excluding carboxylic acids is 2. The summed E-state index contributed by atoms with van der Waals surface area (Å²) in [6, 6.07) is 8.68. The molecule has 3 amide bonds. The molecule has 1 saturated heterocycles. The largest absolute Gasteiger partial charge is 0.350 e. The highest BCUT2D eigenvalue weighted by atomic mass is 35.5. The number of urea groups is 1. The fraction of sp³-hybridized carbons (Fsp3) is 0.500. The topological polar surface area (TPSA) is 87.5 Å². The van der Waals surface area contributed by atoms with Gasteiger partial charge in [0.25, 0.3) is 5.92 Å². The van der Waals surface area contributed by atoms with E-state index in [4.69, 9.17) is 5.73 Å². The number of likely N-dealkylation sites (tertiary alicyclic amines) is 1. The fourth-order valence-corrected chi connectivity index (χ4v) is 2.53. The number of rotatable bonds is 5. The Kier molecular flexibility index (Phi) is 8.05. The molecule has 0 bridgehead atoms. The van der Waals surface area contributed by atoms with Crippen molar-refractivity contribution in [2.75, 3.05) is 31.5 Å². The summed E-state index contributed by atoms with van der Waals surface area (Å²) in [4.78, 5) is 25.8. The molecule has 9 heteroatoms. The summed E-state index contributed by atoms with van der Waals surface area (Å²) in [6.45, 7) is -0.862. The van der Waals surface area contributed by atoms with E-state index in [1.165, 1.54) is 4.90 Å². The highest BCUT2D eigenvalue weighted by Gasteiger charge is 2.32. The van der Waals surface area contributed by atoms with E-state index < -0.39 is 30.8 Å². The third-order valence-corrected chi connectivity index (χ3v) is 3.92. The van der Waals surface area contributed by atoms with Crippen LogP contribution in [0.4, 0.5) is 19.3 Å². The first-order valence-corrected chi connectivity index (χ1v) is 7.88. The molecular formula is C16H23ClF2N4O2. The number of anilines is 1. The number of nitrogens with one attached hydrogen (secondary N) is 2. The average Bonchev–Trinajstić information content (AvgIpc) is 2.60. The van der Waals surface area contributed by atoms with Crippen molar-refractivity contribution >= 4 is 30.0 Å². The summed E-state index contributed by atoms with van der Waals surface area (Å²) in [5, 5.41) is 4.98. The third kappa shape index (κ3) is 6.47. The molecule has 1 aromatic rings. The van der Waals surface area contributed by atoms with Gasteiger partial charge in [-0.25, -0.2) is 13.6 Å². The molecule has 4 N–H and O–H groups in total. The number of benzene rings is 1. The first-order chi connectivity index (χ1) is 11.4. The number of carbonyl (C=O) groups is 2. The zero-order valence-corrected chi connectivity index (χ0v) is 14.5. The van der Waals surface area contributed by atoms with Gasteiger partial charge in [0.1, 0.15) is 0 Å². The second-order valence-corrected chi connectivity index (χ2v) is 5.86. The van der Waals surface area contributed by atoms with Crippen LogP contribution in [0.25, 0.3) is 0 Å². The van der Waals surface area contributed by atoms with Crippen molar-refractivity contribution in [1.82, 2.24) is 10.2 Å². The van der Waals surface area contributed by atoms with E-state index in [0.717, 1.165) is 0 Å². The minimum Gasteiger partial charge on any atom is -0.350 e. The number of alkyl halides is 2. The van der Waals surface area contributed by atoms with Gasteiger partial charge in [-0.1, -0.05) is 18.2 Å². The zero-order valence-electron chi connectivity index (χ0n) is 13.7. The first kappa shape index (κ1) is 21.1. The monoisotopic (exact) mass is 376 g/mol. The molecule has 25 heavy (non-hydrogen) atoms. The number of nitrogens with zero attached hydrogens (tertiary/aromatic N) is 1. The number of halogens is 3. The van der Waals surface area contributed by atoms with Gasteiger partial charge in [-0.15, -0.1) is 12.4 Å². The summed E-state index contributed by atoms with van der Waals surface area (Å²) in [7, 11) is 0. The molecule has 0 spiro atoms. The molecule has 6 nitrogen and oxygen atoms in total. The second-order valence-electron chi connectivity index (χ2n) is 5.86. The Morgan fingerprint density at radius 1 is 1.28 bits per heavy atom. The second kappa shape index (κ2) is 9.53. The molecule has 1 aliphatic rings. The quantitative estimate of drug-likeness (QED) is 0.735. The number of para-hydroxylation sites is 1. The van der Waals surface area contributed by atoms with Crippen molar-refractivity contribution in [2.24, 2.45) is 11.7 Å². The molecule has 1 aromatic carbocycles. The lowest BCUT2D eigenvalue weighted by Gasteiger charge is -2.32. The van der Waals surface area contributed by atoms with Gasteiger partial charge in [-0.05, 0) is 25.0 Å². The smallest absolute Gasteiger partial charge is 0.321 e. The van der Waals surface area contributed by atoms with Gasteiger partial charge < -0.3 is 21.3 Å². The van der Waals surface area contributed by atoms with Gasteiger partial charge >= 0.3 is 6.03 Å². The van der Waals surface area contributed by atoms with E-state index in [1.54, 1.807) is 24.3 Å². The van der Waals surface area contributed by atoms with Crippen molar-refractivity contribution in [3.63, 3.8) is 0 Å². The lowest BCUT2D eigenvalue weighted by atomic mass is 9.97. The molecule has 1 unspecified atom stereocenters. The van der Waals surface area contributed by atoms with Gasteiger partial charge in [-0.3, -0.25) is 4.79 Å². The number of hydrogen-bond donors (Lipinski definition) is 3. The molecule has 2 rings (SSSR count). The summed E-state index contributed by atoms with van der Waals surface area (Å²) >= 11 is 0. The van der Waals surface area contributed by atoms with Gasteiger partial charge in [0.2, 0.25) is 5.91 Å². The molecule has 0 saturated carbocycles. The molecule has 1 aliphatic heterocycles. The van der Waals surface area contributed by atoms with Gasteiger partial charge in [0.15, 0.2) is 0 Å². The SMILES string of the molecule is Cl.NCC(F)(F)CNC(=O)C1CCCN(C(=O)Nc2ccccc2)C1. The maximum atomic E-state index is 13.1. The zero-order chi connectivity index (χ0) is 17.6. The van der Waals surface area contributed by atoms with Crippen LogP contribution in [0, 0.1) is 5.92 Å². The Balaban J connectivity index is 0.00000312. The van der Waals surface area contributed by atoms with Crippen LogP contribution in [0.5, 0.6) is 0 Å². The molecule has 0 aromatic heterocycles. The highest BCUT2D eigenvalue weighted by Crippen LogP contribution is 2.19. The number of piperidine rings is 1. The first-order valence-electron chi connectivity index (χ1n) is 7.88. The van der Waals surface area contributed by atoms with Gasteiger partial charge in [-0.2, -0.15) is 0 Å². The Labute approximate surface area is 151 Å². The summed E-state index contributed by atoms with van der Waals surface area (Å²) in [6.07, 6.45) is 1.21. The van der Waals surface area contributed by atoms with Crippen molar-refractivity contribution in [3.05, 3.63) is 30.3 Å². The average molecular weight is 377 g/mol. The maximum Gasteiger partial charge on any atom is 0.321 e. The molecule has 140 valence electrons. The normalized spacial score (nSPS) is 17.4. The lowest BCUT2D eigenvalue weighted by Crippen LogP contribution is -2.49. The van der Waals surface area contributed by atoms with Crippen LogP contribution >= 0.6 is 12.4 Å².